The highest BCUT2D eigenvalue weighted by Crippen LogP contribution is 2.18. The topological polar surface area (TPSA) is 98.8 Å². The van der Waals surface area contributed by atoms with E-state index in [-0.39, 0.29) is 23.5 Å². The summed E-state index contributed by atoms with van der Waals surface area (Å²) in [6.45, 7) is 1.42. The minimum absolute atomic E-state index is 0.0454. The molecule has 3 aromatic carbocycles. The number of carbonyl (C=O) groups is 4. The van der Waals surface area contributed by atoms with Gasteiger partial charge in [-0.05, 0) is 61.5 Å². The summed E-state index contributed by atoms with van der Waals surface area (Å²) in [4.78, 5) is 49.2. The van der Waals surface area contributed by atoms with Crippen LogP contribution in [0.1, 0.15) is 43.6 Å². The molecule has 0 unspecified atom stereocenters. The summed E-state index contributed by atoms with van der Waals surface area (Å²) in [5.74, 6) is -2.21. The molecule has 0 atom stereocenters. The first-order valence-corrected chi connectivity index (χ1v) is 10.4. The number of ether oxygens (including phenoxy) is 2. The van der Waals surface area contributed by atoms with Crippen LogP contribution in [0.3, 0.4) is 0 Å². The van der Waals surface area contributed by atoms with E-state index in [0.717, 1.165) is 0 Å². The van der Waals surface area contributed by atoms with Gasteiger partial charge in [-0.3, -0.25) is 9.59 Å². The number of carbonyl (C=O) groups excluding carboxylic acids is 4. The van der Waals surface area contributed by atoms with Crippen molar-refractivity contribution in [2.45, 2.75) is 6.92 Å². The molecule has 0 radical (unpaired) electrons. The zero-order valence-electron chi connectivity index (χ0n) is 17.7. The Bertz CT molecular complexity index is 1170. The number of ketones is 1. The molecule has 168 valence electrons. The quantitative estimate of drug-likeness (QED) is 0.387. The lowest BCUT2D eigenvalue weighted by Crippen LogP contribution is -2.22. The van der Waals surface area contributed by atoms with Crippen LogP contribution in [0.15, 0.2) is 72.8 Å². The number of anilines is 1. The molecule has 1 N–H and O–H groups in total. The van der Waals surface area contributed by atoms with E-state index in [4.69, 9.17) is 21.1 Å². The van der Waals surface area contributed by atoms with Crippen molar-refractivity contribution in [3.05, 3.63) is 100 Å². The smallest absolute Gasteiger partial charge is 0.339 e. The normalized spacial score (nSPS) is 10.2. The number of benzene rings is 3. The van der Waals surface area contributed by atoms with E-state index in [1.54, 1.807) is 43.3 Å². The maximum absolute atomic E-state index is 12.8. The van der Waals surface area contributed by atoms with Gasteiger partial charge in [0.05, 0.1) is 17.7 Å². The number of rotatable bonds is 8. The van der Waals surface area contributed by atoms with E-state index in [1.807, 2.05) is 0 Å². The summed E-state index contributed by atoms with van der Waals surface area (Å²) in [6, 6.07) is 18.6. The number of halogens is 1. The Labute approximate surface area is 195 Å². The van der Waals surface area contributed by atoms with Gasteiger partial charge in [0.25, 0.3) is 5.91 Å². The second-order valence-electron chi connectivity index (χ2n) is 6.80. The van der Waals surface area contributed by atoms with Gasteiger partial charge in [-0.15, -0.1) is 0 Å². The van der Waals surface area contributed by atoms with Crippen LogP contribution in [-0.4, -0.2) is 36.8 Å². The van der Waals surface area contributed by atoms with Gasteiger partial charge in [-0.25, -0.2) is 9.59 Å². The molecule has 0 aliphatic rings. The van der Waals surface area contributed by atoms with Crippen molar-refractivity contribution < 1.29 is 28.7 Å². The molecular formula is C25H20ClNO6. The van der Waals surface area contributed by atoms with Crippen molar-refractivity contribution in [1.29, 1.82) is 0 Å². The van der Waals surface area contributed by atoms with Crippen molar-refractivity contribution in [1.82, 2.24) is 0 Å². The van der Waals surface area contributed by atoms with E-state index < -0.39 is 24.5 Å². The summed E-state index contributed by atoms with van der Waals surface area (Å²) in [7, 11) is 0. The standard InChI is InChI=1S/C25H20ClNO6/c1-2-32-24(30)17-9-13-19(14-10-17)27-22(28)15-33-25(31)21-6-4-3-5-20(21)23(29)16-7-11-18(26)12-8-16/h3-14H,2,15H2,1H3,(H,27,28). The molecule has 0 aliphatic carbocycles. The number of nitrogens with one attached hydrogen (secondary N) is 1. The fourth-order valence-electron chi connectivity index (χ4n) is 2.93. The van der Waals surface area contributed by atoms with Gasteiger partial charge >= 0.3 is 11.9 Å². The fraction of sp³-hybridized carbons (Fsp3) is 0.120. The molecule has 33 heavy (non-hydrogen) atoms. The molecule has 7 nitrogen and oxygen atoms in total. The predicted octanol–water partition coefficient (Wildman–Crippen LogP) is 4.54. The van der Waals surface area contributed by atoms with E-state index in [2.05, 4.69) is 5.32 Å². The highest BCUT2D eigenvalue weighted by Gasteiger charge is 2.20. The molecule has 0 bridgehead atoms. The van der Waals surface area contributed by atoms with Crippen LogP contribution in [0.2, 0.25) is 5.02 Å². The maximum atomic E-state index is 12.8. The molecule has 0 saturated heterocycles. The Hall–Kier alpha value is -3.97. The van der Waals surface area contributed by atoms with E-state index in [9.17, 15) is 19.2 Å². The molecule has 0 saturated carbocycles. The van der Waals surface area contributed by atoms with Crippen LogP contribution < -0.4 is 5.32 Å². The van der Waals surface area contributed by atoms with Gasteiger partial charge in [0.15, 0.2) is 12.4 Å². The molecule has 8 heteroatoms. The SMILES string of the molecule is CCOC(=O)c1ccc(NC(=O)COC(=O)c2ccccc2C(=O)c2ccc(Cl)cc2)cc1. The van der Waals surface area contributed by atoms with Crippen molar-refractivity contribution >= 4 is 40.9 Å². The largest absolute Gasteiger partial charge is 0.462 e. The van der Waals surface area contributed by atoms with Crippen LogP contribution >= 0.6 is 11.6 Å². The second kappa shape index (κ2) is 11.1. The molecular weight excluding hydrogens is 446 g/mol. The maximum Gasteiger partial charge on any atom is 0.339 e. The zero-order valence-corrected chi connectivity index (χ0v) is 18.4. The lowest BCUT2D eigenvalue weighted by Gasteiger charge is -2.10. The highest BCUT2D eigenvalue weighted by molar-refractivity contribution is 6.30. The lowest BCUT2D eigenvalue weighted by atomic mass is 9.98. The first-order valence-electron chi connectivity index (χ1n) is 10.0. The first kappa shape index (κ1) is 23.7. The monoisotopic (exact) mass is 465 g/mol. The van der Waals surface area contributed by atoms with Gasteiger partial charge in [0.1, 0.15) is 0 Å². The number of amides is 1. The zero-order chi connectivity index (χ0) is 23.8. The van der Waals surface area contributed by atoms with Gasteiger partial charge in [0.2, 0.25) is 0 Å². The third-order valence-corrected chi connectivity index (χ3v) is 4.76. The van der Waals surface area contributed by atoms with Gasteiger partial charge in [0, 0.05) is 21.8 Å². The minimum Gasteiger partial charge on any atom is -0.462 e. The van der Waals surface area contributed by atoms with E-state index in [0.29, 0.717) is 21.8 Å². The molecule has 3 rings (SSSR count). The fourth-order valence-corrected chi connectivity index (χ4v) is 3.05. The summed E-state index contributed by atoms with van der Waals surface area (Å²) >= 11 is 5.86. The number of hydrogen-bond donors (Lipinski definition) is 1. The third kappa shape index (κ3) is 6.27. The average molecular weight is 466 g/mol. The van der Waals surface area contributed by atoms with Crippen LogP contribution in [0.4, 0.5) is 5.69 Å². The summed E-state index contributed by atoms with van der Waals surface area (Å²) < 4.78 is 10.0. The third-order valence-electron chi connectivity index (χ3n) is 4.51. The molecule has 0 heterocycles. The van der Waals surface area contributed by atoms with Crippen molar-refractivity contribution in [2.24, 2.45) is 0 Å². The van der Waals surface area contributed by atoms with Crippen LogP contribution in [0.5, 0.6) is 0 Å². The number of hydrogen-bond acceptors (Lipinski definition) is 6. The Morgan fingerprint density at radius 2 is 1.36 bits per heavy atom. The van der Waals surface area contributed by atoms with Crippen molar-refractivity contribution in [3.63, 3.8) is 0 Å². The predicted molar refractivity (Wildman–Crippen MR) is 123 cm³/mol. The Balaban J connectivity index is 1.62. The van der Waals surface area contributed by atoms with Crippen LogP contribution in [0, 0.1) is 0 Å². The first-order chi connectivity index (χ1) is 15.9. The molecule has 3 aromatic rings. The Morgan fingerprint density at radius 1 is 0.758 bits per heavy atom. The van der Waals surface area contributed by atoms with Crippen LogP contribution in [0.25, 0.3) is 0 Å². The van der Waals surface area contributed by atoms with Crippen molar-refractivity contribution in [3.8, 4) is 0 Å². The lowest BCUT2D eigenvalue weighted by molar-refractivity contribution is -0.119. The second-order valence-corrected chi connectivity index (χ2v) is 7.24. The van der Waals surface area contributed by atoms with E-state index in [1.165, 1.54) is 36.4 Å². The minimum atomic E-state index is -0.805. The van der Waals surface area contributed by atoms with E-state index >= 15 is 0 Å². The van der Waals surface area contributed by atoms with Crippen LogP contribution in [-0.2, 0) is 14.3 Å². The Morgan fingerprint density at radius 3 is 2.00 bits per heavy atom. The average Bonchev–Trinajstić information content (AvgIpc) is 2.83. The molecule has 1 amide bonds. The number of esters is 2. The van der Waals surface area contributed by atoms with Gasteiger partial charge in [-0.1, -0.05) is 29.8 Å². The summed E-state index contributed by atoms with van der Waals surface area (Å²) in [5.41, 5.74) is 1.33. The summed E-state index contributed by atoms with van der Waals surface area (Å²) in [6.07, 6.45) is 0. The molecule has 0 aliphatic heterocycles. The molecule has 0 aromatic heterocycles. The highest BCUT2D eigenvalue weighted by atomic mass is 35.5. The molecule has 0 fully saturated rings. The molecule has 0 spiro atoms. The van der Waals surface area contributed by atoms with Gasteiger partial charge in [-0.2, -0.15) is 0 Å². The van der Waals surface area contributed by atoms with Crippen molar-refractivity contribution in [2.75, 3.05) is 18.5 Å². The van der Waals surface area contributed by atoms with Gasteiger partial charge < -0.3 is 14.8 Å². The summed E-state index contributed by atoms with van der Waals surface area (Å²) in [5, 5.41) is 3.05. The Kier molecular flexibility index (Phi) is 7.94.